The maximum atomic E-state index is 12.8. The molecule has 1 unspecified atom stereocenters. The maximum absolute atomic E-state index is 12.8. The van der Waals surface area contributed by atoms with E-state index in [1.165, 1.54) is 0 Å². The van der Waals surface area contributed by atoms with Gasteiger partial charge in [-0.25, -0.2) is 4.79 Å². The number of nitrogens with zero attached hydrogens (tertiary/aromatic N) is 1. The van der Waals surface area contributed by atoms with Gasteiger partial charge < -0.3 is 10.0 Å². The van der Waals surface area contributed by atoms with Gasteiger partial charge in [0.15, 0.2) is 0 Å². The number of carbonyl (C=O) groups excluding carboxylic acids is 1. The van der Waals surface area contributed by atoms with E-state index in [1.807, 2.05) is 29.2 Å². The van der Waals surface area contributed by atoms with Crippen LogP contribution in [0.15, 0.2) is 53.0 Å². The van der Waals surface area contributed by atoms with E-state index in [-0.39, 0.29) is 23.9 Å². The highest BCUT2D eigenvalue weighted by atomic mass is 79.9. The van der Waals surface area contributed by atoms with Gasteiger partial charge in [-0.2, -0.15) is 0 Å². The van der Waals surface area contributed by atoms with Gasteiger partial charge in [-0.1, -0.05) is 46.3 Å². The first-order valence-electron chi connectivity index (χ1n) is 7.92. The molecule has 0 aromatic heterocycles. The zero-order valence-electron chi connectivity index (χ0n) is 13.1. The van der Waals surface area contributed by atoms with E-state index in [9.17, 15) is 14.7 Å². The Kier molecular flexibility index (Phi) is 5.00. The molecular weight excluding hydrogens is 370 g/mol. The minimum atomic E-state index is -0.996. The molecule has 0 radical (unpaired) electrons. The summed E-state index contributed by atoms with van der Waals surface area (Å²) in [6.45, 7) is 0.717. The average molecular weight is 388 g/mol. The van der Waals surface area contributed by atoms with Crippen LogP contribution in [0.5, 0.6) is 0 Å². The summed E-state index contributed by atoms with van der Waals surface area (Å²) in [4.78, 5) is 26.0. The third-order valence-corrected chi connectivity index (χ3v) is 4.95. The molecule has 1 fully saturated rings. The van der Waals surface area contributed by atoms with Gasteiger partial charge in [0.2, 0.25) is 5.91 Å². The molecule has 24 heavy (non-hydrogen) atoms. The Morgan fingerprint density at radius 1 is 1.12 bits per heavy atom. The van der Waals surface area contributed by atoms with Crippen LogP contribution in [0.3, 0.4) is 0 Å². The van der Waals surface area contributed by atoms with Crippen LogP contribution < -0.4 is 0 Å². The summed E-state index contributed by atoms with van der Waals surface area (Å²) in [6.07, 6.45) is 2.02. The molecule has 0 saturated carbocycles. The number of amides is 1. The summed E-state index contributed by atoms with van der Waals surface area (Å²) in [7, 11) is 0. The van der Waals surface area contributed by atoms with Crippen LogP contribution in [0.2, 0.25) is 0 Å². The Morgan fingerprint density at radius 2 is 1.83 bits per heavy atom. The van der Waals surface area contributed by atoms with Crippen LogP contribution in [0.1, 0.15) is 40.4 Å². The first-order valence-corrected chi connectivity index (χ1v) is 8.71. The zero-order chi connectivity index (χ0) is 17.1. The van der Waals surface area contributed by atoms with E-state index in [2.05, 4.69) is 15.9 Å². The molecule has 3 rings (SSSR count). The highest BCUT2D eigenvalue weighted by Crippen LogP contribution is 2.33. The first-order chi connectivity index (χ1) is 11.6. The van der Waals surface area contributed by atoms with Gasteiger partial charge in [-0.15, -0.1) is 0 Å². The van der Waals surface area contributed by atoms with Crippen LogP contribution in [0.4, 0.5) is 0 Å². The second-order valence-electron chi connectivity index (χ2n) is 5.94. The number of aromatic carboxylic acids is 1. The first kappa shape index (κ1) is 16.7. The smallest absolute Gasteiger partial charge is 0.335 e. The van der Waals surface area contributed by atoms with Crippen molar-refractivity contribution in [2.24, 2.45) is 0 Å². The van der Waals surface area contributed by atoms with Crippen LogP contribution >= 0.6 is 15.9 Å². The average Bonchev–Trinajstić information content (AvgIpc) is 3.05. The Bertz CT molecular complexity index is 757. The number of carbonyl (C=O) groups is 2. The van der Waals surface area contributed by atoms with Crippen molar-refractivity contribution in [1.82, 2.24) is 4.90 Å². The fraction of sp³-hybridized carbons (Fsp3) is 0.263. The summed E-state index contributed by atoms with van der Waals surface area (Å²) < 4.78 is 1.01. The number of hydrogen-bond donors (Lipinski definition) is 1. The lowest BCUT2D eigenvalue weighted by Gasteiger charge is -2.25. The molecule has 2 aromatic carbocycles. The molecule has 124 valence electrons. The number of benzene rings is 2. The van der Waals surface area contributed by atoms with Gasteiger partial charge in [-0.05, 0) is 42.2 Å². The predicted octanol–water partition coefficient (Wildman–Crippen LogP) is 4.05. The molecule has 1 saturated heterocycles. The van der Waals surface area contributed by atoms with Gasteiger partial charge in [0.1, 0.15) is 0 Å². The highest BCUT2D eigenvalue weighted by molar-refractivity contribution is 9.10. The van der Waals surface area contributed by atoms with Crippen LogP contribution in [-0.4, -0.2) is 28.4 Å². The van der Waals surface area contributed by atoms with Crippen molar-refractivity contribution >= 4 is 27.8 Å². The summed E-state index contributed by atoms with van der Waals surface area (Å²) in [5, 5.41) is 9.27. The molecule has 0 bridgehead atoms. The molecule has 1 heterocycles. The third-order valence-electron chi connectivity index (χ3n) is 4.42. The molecule has 1 aliphatic rings. The number of likely N-dealkylation sites (tertiary alicyclic amines) is 1. The minimum absolute atomic E-state index is 0.0193. The lowest BCUT2D eigenvalue weighted by molar-refractivity contribution is -0.131. The molecule has 4 nitrogen and oxygen atoms in total. The Balaban J connectivity index is 1.79. The normalized spacial score (nSPS) is 17.0. The SMILES string of the molecule is O=C(O)c1ccccc1CC(=O)N1CCCC1c1ccc(Br)cc1. The van der Waals surface area contributed by atoms with Crippen LogP contribution in [0, 0.1) is 0 Å². The van der Waals surface area contributed by atoms with Crippen molar-refractivity contribution in [2.45, 2.75) is 25.3 Å². The van der Waals surface area contributed by atoms with Gasteiger partial charge in [0, 0.05) is 11.0 Å². The van der Waals surface area contributed by atoms with E-state index in [0.29, 0.717) is 5.56 Å². The van der Waals surface area contributed by atoms with Crippen molar-refractivity contribution < 1.29 is 14.7 Å². The van der Waals surface area contributed by atoms with E-state index in [1.54, 1.807) is 24.3 Å². The number of carboxylic acids is 1. The lowest BCUT2D eigenvalue weighted by Crippen LogP contribution is -2.32. The number of carboxylic acid groups (broad SMARTS) is 1. The van der Waals surface area contributed by atoms with E-state index in [4.69, 9.17) is 0 Å². The number of hydrogen-bond acceptors (Lipinski definition) is 2. The molecule has 1 amide bonds. The molecular formula is C19H18BrNO3. The van der Waals surface area contributed by atoms with Gasteiger partial charge in [0.25, 0.3) is 0 Å². The molecule has 1 atom stereocenters. The van der Waals surface area contributed by atoms with Gasteiger partial charge in [-0.3, -0.25) is 4.79 Å². The largest absolute Gasteiger partial charge is 0.478 e. The predicted molar refractivity (Wildman–Crippen MR) is 94.9 cm³/mol. The summed E-state index contributed by atoms with van der Waals surface area (Å²) >= 11 is 3.43. The van der Waals surface area contributed by atoms with Gasteiger partial charge in [0.05, 0.1) is 18.0 Å². The molecule has 2 aromatic rings. The maximum Gasteiger partial charge on any atom is 0.335 e. The highest BCUT2D eigenvalue weighted by Gasteiger charge is 2.30. The minimum Gasteiger partial charge on any atom is -0.478 e. The molecule has 0 spiro atoms. The van der Waals surface area contributed by atoms with Crippen molar-refractivity contribution in [2.75, 3.05) is 6.54 Å². The summed E-state index contributed by atoms with van der Waals surface area (Å²) in [5.41, 5.74) is 1.89. The Labute approximate surface area is 149 Å². The molecule has 5 heteroatoms. The number of rotatable bonds is 4. The summed E-state index contributed by atoms with van der Waals surface area (Å²) in [5.74, 6) is -1.02. The van der Waals surface area contributed by atoms with E-state index < -0.39 is 5.97 Å². The second-order valence-corrected chi connectivity index (χ2v) is 6.85. The molecule has 0 aliphatic carbocycles. The molecule has 1 aliphatic heterocycles. The second kappa shape index (κ2) is 7.18. The fourth-order valence-electron chi connectivity index (χ4n) is 3.24. The van der Waals surface area contributed by atoms with Crippen molar-refractivity contribution in [1.29, 1.82) is 0 Å². The van der Waals surface area contributed by atoms with Crippen LogP contribution in [0.25, 0.3) is 0 Å². The Hall–Kier alpha value is -2.14. The zero-order valence-corrected chi connectivity index (χ0v) is 14.7. The lowest BCUT2D eigenvalue weighted by atomic mass is 10.0. The molecule has 1 N–H and O–H groups in total. The van der Waals surface area contributed by atoms with E-state index >= 15 is 0 Å². The topological polar surface area (TPSA) is 57.6 Å². The quantitative estimate of drug-likeness (QED) is 0.860. The third kappa shape index (κ3) is 3.51. The fourth-order valence-corrected chi connectivity index (χ4v) is 3.51. The van der Waals surface area contributed by atoms with Gasteiger partial charge >= 0.3 is 5.97 Å². The van der Waals surface area contributed by atoms with Crippen molar-refractivity contribution in [3.8, 4) is 0 Å². The van der Waals surface area contributed by atoms with Crippen molar-refractivity contribution in [3.05, 3.63) is 69.7 Å². The standard InChI is InChI=1S/C19H18BrNO3/c20-15-9-7-13(8-10-15)17-6-3-11-21(17)18(22)12-14-4-1-2-5-16(14)19(23)24/h1-2,4-5,7-10,17H,3,6,11-12H2,(H,23,24). The monoisotopic (exact) mass is 387 g/mol. The van der Waals surface area contributed by atoms with E-state index in [0.717, 1.165) is 29.4 Å². The van der Waals surface area contributed by atoms with Crippen LogP contribution in [-0.2, 0) is 11.2 Å². The number of halogens is 1. The van der Waals surface area contributed by atoms with Crippen molar-refractivity contribution in [3.63, 3.8) is 0 Å². The Morgan fingerprint density at radius 3 is 2.54 bits per heavy atom. The summed E-state index contributed by atoms with van der Waals surface area (Å²) in [6, 6.07) is 14.8.